The topological polar surface area (TPSA) is 0 Å². The molecule has 2 unspecified atom stereocenters. The quantitative estimate of drug-likeness (QED) is 0.373. The van der Waals surface area contributed by atoms with Gasteiger partial charge < -0.3 is 0 Å². The molecule has 0 bridgehead atoms. The van der Waals surface area contributed by atoms with Crippen molar-refractivity contribution in [2.45, 2.75) is 100 Å². The summed E-state index contributed by atoms with van der Waals surface area (Å²) in [4.78, 5) is 0. The van der Waals surface area contributed by atoms with Crippen molar-refractivity contribution in [3.63, 3.8) is 0 Å². The lowest BCUT2D eigenvalue weighted by molar-refractivity contribution is 0.117. The molecule has 0 heteroatoms. The normalized spacial score (nSPS) is 16.9. The molecule has 0 nitrogen and oxygen atoms in total. The lowest BCUT2D eigenvalue weighted by atomic mass is 9.57. The Bertz CT molecular complexity index is 228. The van der Waals surface area contributed by atoms with Crippen LogP contribution in [0.15, 0.2) is 0 Å². The van der Waals surface area contributed by atoms with Crippen molar-refractivity contribution < 1.29 is 0 Å². The van der Waals surface area contributed by atoms with E-state index in [0.29, 0.717) is 5.41 Å². The summed E-state index contributed by atoms with van der Waals surface area (Å²) in [6, 6.07) is 0. The molecule has 0 aromatic heterocycles. The predicted molar refractivity (Wildman–Crippen MR) is 93.9 cm³/mol. The summed E-state index contributed by atoms with van der Waals surface area (Å²) in [6.45, 7) is 19.3. The molecule has 0 saturated carbocycles. The molecule has 1 radical (unpaired) electrons. The zero-order valence-corrected chi connectivity index (χ0v) is 15.7. The second kappa shape index (κ2) is 9.85. The van der Waals surface area contributed by atoms with Gasteiger partial charge in [-0.25, -0.2) is 0 Å². The fraction of sp³-hybridized carbons (Fsp3) is 0.950. The number of rotatable bonds is 11. The third-order valence-corrected chi connectivity index (χ3v) is 5.38. The van der Waals surface area contributed by atoms with Crippen LogP contribution in [0.4, 0.5) is 0 Å². The van der Waals surface area contributed by atoms with Gasteiger partial charge in [0.15, 0.2) is 0 Å². The van der Waals surface area contributed by atoms with Gasteiger partial charge in [-0.05, 0) is 41.9 Å². The zero-order chi connectivity index (χ0) is 15.8. The second-order valence-corrected chi connectivity index (χ2v) is 7.59. The maximum Gasteiger partial charge on any atom is -0.0177 e. The molecule has 2 atom stereocenters. The Labute approximate surface area is 130 Å². The Morgan fingerprint density at radius 2 is 1.55 bits per heavy atom. The number of unbranched alkanes of at least 4 members (excludes halogenated alkanes) is 1. The van der Waals surface area contributed by atoms with E-state index in [9.17, 15) is 0 Å². The maximum atomic E-state index is 2.49. The molecule has 0 heterocycles. The van der Waals surface area contributed by atoms with Gasteiger partial charge in [0.25, 0.3) is 0 Å². The van der Waals surface area contributed by atoms with Crippen LogP contribution in [0.2, 0.25) is 0 Å². The van der Waals surface area contributed by atoms with Gasteiger partial charge in [-0.1, -0.05) is 87.5 Å². The molecule has 0 aromatic carbocycles. The summed E-state index contributed by atoms with van der Waals surface area (Å²) in [5, 5.41) is 0. The zero-order valence-electron chi connectivity index (χ0n) is 15.7. The molecule has 0 rings (SSSR count). The highest BCUT2D eigenvalue weighted by atomic mass is 14.5. The average molecular weight is 282 g/mol. The monoisotopic (exact) mass is 281 g/mol. The summed E-state index contributed by atoms with van der Waals surface area (Å²) in [5.41, 5.74) is 0.472. The predicted octanol–water partition coefficient (Wildman–Crippen LogP) is 7.29. The van der Waals surface area contributed by atoms with Crippen LogP contribution in [0.25, 0.3) is 0 Å². The van der Waals surface area contributed by atoms with Crippen molar-refractivity contribution in [2.75, 3.05) is 0 Å². The largest absolute Gasteiger partial charge is 0.0654 e. The molecule has 0 N–H and O–H groups in total. The molecule has 0 spiro atoms. The first-order chi connectivity index (χ1) is 9.35. The van der Waals surface area contributed by atoms with Gasteiger partial charge in [-0.3, -0.25) is 0 Å². The minimum Gasteiger partial charge on any atom is -0.0654 e. The Morgan fingerprint density at radius 3 is 1.90 bits per heavy atom. The lowest BCUT2D eigenvalue weighted by Gasteiger charge is -2.47. The van der Waals surface area contributed by atoms with Crippen LogP contribution in [0.3, 0.4) is 0 Å². The highest BCUT2D eigenvalue weighted by molar-refractivity contribution is 5.09. The molecule has 121 valence electrons. The van der Waals surface area contributed by atoms with E-state index in [1.165, 1.54) is 44.9 Å². The maximum absolute atomic E-state index is 2.49. The first kappa shape index (κ1) is 20.0. The van der Waals surface area contributed by atoms with Crippen LogP contribution in [0.5, 0.6) is 0 Å². The van der Waals surface area contributed by atoms with Crippen molar-refractivity contribution in [2.24, 2.45) is 23.2 Å². The van der Waals surface area contributed by atoms with Gasteiger partial charge in [-0.2, -0.15) is 0 Å². The van der Waals surface area contributed by atoms with Crippen LogP contribution in [0.1, 0.15) is 100 Å². The second-order valence-electron chi connectivity index (χ2n) is 7.59. The summed E-state index contributed by atoms with van der Waals surface area (Å²) in [5.74, 6) is 4.21. The molecule has 0 aliphatic rings. The van der Waals surface area contributed by atoms with Crippen LogP contribution in [0, 0.1) is 29.1 Å². The molecule has 0 aliphatic carbocycles. The Kier molecular flexibility index (Phi) is 9.85. The SMILES string of the molecule is CCCCC(CC(C)C)([C](C)C(CC)CCC)C(C)C. The summed E-state index contributed by atoms with van der Waals surface area (Å²) in [7, 11) is 0. The molecule has 0 aromatic rings. The van der Waals surface area contributed by atoms with Crippen molar-refractivity contribution in [1.82, 2.24) is 0 Å². The lowest BCUT2D eigenvalue weighted by Crippen LogP contribution is -2.38. The van der Waals surface area contributed by atoms with Gasteiger partial charge in [-0.15, -0.1) is 0 Å². The van der Waals surface area contributed by atoms with Crippen molar-refractivity contribution in [3.8, 4) is 0 Å². The first-order valence-electron chi connectivity index (χ1n) is 9.19. The summed E-state index contributed by atoms with van der Waals surface area (Å²) >= 11 is 0. The summed E-state index contributed by atoms with van der Waals surface area (Å²) in [6.07, 6.45) is 9.48. The molecule has 20 heavy (non-hydrogen) atoms. The average Bonchev–Trinajstić information content (AvgIpc) is 2.39. The van der Waals surface area contributed by atoms with Gasteiger partial charge in [0, 0.05) is 0 Å². The molecule has 0 aliphatic heterocycles. The van der Waals surface area contributed by atoms with Crippen LogP contribution >= 0.6 is 0 Å². The molecular weight excluding hydrogens is 240 g/mol. The van der Waals surface area contributed by atoms with Crippen LogP contribution in [-0.4, -0.2) is 0 Å². The fourth-order valence-electron chi connectivity index (χ4n) is 4.14. The van der Waals surface area contributed by atoms with E-state index >= 15 is 0 Å². The molecule has 0 saturated heterocycles. The van der Waals surface area contributed by atoms with Gasteiger partial charge >= 0.3 is 0 Å². The third kappa shape index (κ3) is 5.41. The van der Waals surface area contributed by atoms with E-state index < -0.39 is 0 Å². The van der Waals surface area contributed by atoms with Crippen LogP contribution in [-0.2, 0) is 0 Å². The fourth-order valence-corrected chi connectivity index (χ4v) is 4.14. The third-order valence-electron chi connectivity index (χ3n) is 5.38. The van der Waals surface area contributed by atoms with E-state index in [4.69, 9.17) is 0 Å². The summed E-state index contributed by atoms with van der Waals surface area (Å²) < 4.78 is 0. The van der Waals surface area contributed by atoms with E-state index in [1.807, 2.05) is 5.92 Å². The van der Waals surface area contributed by atoms with E-state index in [2.05, 4.69) is 55.4 Å². The van der Waals surface area contributed by atoms with Gasteiger partial charge in [0.05, 0.1) is 0 Å². The first-order valence-corrected chi connectivity index (χ1v) is 9.19. The van der Waals surface area contributed by atoms with Crippen molar-refractivity contribution >= 4 is 0 Å². The van der Waals surface area contributed by atoms with Crippen LogP contribution < -0.4 is 0 Å². The van der Waals surface area contributed by atoms with E-state index in [-0.39, 0.29) is 0 Å². The smallest absolute Gasteiger partial charge is 0.0177 e. The minimum absolute atomic E-state index is 0.472. The highest BCUT2D eigenvalue weighted by Gasteiger charge is 2.41. The molecular formula is C20H41. The molecule has 0 fully saturated rings. The van der Waals surface area contributed by atoms with Crippen molar-refractivity contribution in [3.05, 3.63) is 5.92 Å². The van der Waals surface area contributed by atoms with E-state index in [1.54, 1.807) is 0 Å². The minimum atomic E-state index is 0.472. The highest BCUT2D eigenvalue weighted by Crippen LogP contribution is 2.51. The Hall–Kier alpha value is 0. The Morgan fingerprint density at radius 1 is 0.950 bits per heavy atom. The van der Waals surface area contributed by atoms with Gasteiger partial charge in [0.2, 0.25) is 0 Å². The molecule has 0 amide bonds. The van der Waals surface area contributed by atoms with Gasteiger partial charge in [0.1, 0.15) is 0 Å². The standard InChI is InChI=1S/C20H41/c1-9-12-14-20(17(6)7,15-16(4)5)18(8)19(11-3)13-10-2/h16-17,19H,9-15H2,1-8H3. The Balaban J connectivity index is 5.30. The number of hydrogen-bond donors (Lipinski definition) is 0. The van der Waals surface area contributed by atoms with E-state index in [0.717, 1.165) is 17.8 Å². The number of hydrogen-bond acceptors (Lipinski definition) is 0. The van der Waals surface area contributed by atoms with Crippen molar-refractivity contribution in [1.29, 1.82) is 0 Å².